The van der Waals surface area contributed by atoms with Crippen molar-refractivity contribution in [3.63, 3.8) is 0 Å². The van der Waals surface area contributed by atoms with Gasteiger partial charge in [-0.25, -0.2) is 0 Å². The topological polar surface area (TPSA) is 9.23 Å². The van der Waals surface area contributed by atoms with E-state index in [4.69, 9.17) is 16.3 Å². The molecule has 4 rings (SSSR count). The molecular weight excluding hydrogens is 340 g/mol. The van der Waals surface area contributed by atoms with Crippen LogP contribution in [0.15, 0.2) is 97.1 Å². The van der Waals surface area contributed by atoms with Gasteiger partial charge in [-0.15, -0.1) is 0 Å². The largest absolute Gasteiger partial charge is 0.457 e. The molecule has 1 radical (unpaired) electrons. The normalized spacial score (nSPS) is 10.5. The van der Waals surface area contributed by atoms with Crippen LogP contribution in [-0.2, 0) is 0 Å². The number of benzene rings is 4. The van der Waals surface area contributed by atoms with Crippen molar-refractivity contribution in [3.05, 3.63) is 108 Å². The Morgan fingerprint density at radius 1 is 0.615 bits per heavy atom. The Morgan fingerprint density at radius 2 is 1.38 bits per heavy atom. The Morgan fingerprint density at radius 3 is 2.12 bits per heavy atom. The third-order valence-electron chi connectivity index (χ3n) is 4.12. The van der Waals surface area contributed by atoms with Crippen molar-refractivity contribution >= 4 is 11.6 Å². The van der Waals surface area contributed by atoms with Gasteiger partial charge in [0.25, 0.3) is 0 Å². The van der Waals surface area contributed by atoms with Crippen molar-refractivity contribution in [1.82, 2.24) is 0 Å². The van der Waals surface area contributed by atoms with E-state index >= 15 is 0 Å². The van der Waals surface area contributed by atoms with Gasteiger partial charge in [0, 0.05) is 5.02 Å². The second-order valence-electron chi connectivity index (χ2n) is 5.94. The van der Waals surface area contributed by atoms with E-state index in [2.05, 4.69) is 12.1 Å². The van der Waals surface area contributed by atoms with E-state index in [1.54, 1.807) is 0 Å². The average molecular weight is 356 g/mol. The molecule has 4 aromatic rings. The molecule has 26 heavy (non-hydrogen) atoms. The van der Waals surface area contributed by atoms with Gasteiger partial charge < -0.3 is 4.74 Å². The van der Waals surface area contributed by atoms with Crippen molar-refractivity contribution in [2.24, 2.45) is 0 Å². The van der Waals surface area contributed by atoms with Crippen LogP contribution in [0.1, 0.15) is 0 Å². The molecule has 4 aromatic carbocycles. The van der Waals surface area contributed by atoms with Gasteiger partial charge in [0.1, 0.15) is 11.5 Å². The molecule has 0 bridgehead atoms. The monoisotopic (exact) mass is 355 g/mol. The molecule has 0 aliphatic carbocycles. The summed E-state index contributed by atoms with van der Waals surface area (Å²) in [6.07, 6.45) is 0. The quantitative estimate of drug-likeness (QED) is 0.374. The van der Waals surface area contributed by atoms with Crippen LogP contribution in [0.5, 0.6) is 11.5 Å². The highest BCUT2D eigenvalue weighted by molar-refractivity contribution is 6.30. The molecule has 0 aliphatic rings. The van der Waals surface area contributed by atoms with Gasteiger partial charge in [-0.3, -0.25) is 0 Å². The zero-order chi connectivity index (χ0) is 17.8. The lowest BCUT2D eigenvalue weighted by Gasteiger charge is -2.09. The van der Waals surface area contributed by atoms with E-state index in [-0.39, 0.29) is 0 Å². The first-order valence-electron chi connectivity index (χ1n) is 8.39. The van der Waals surface area contributed by atoms with Crippen LogP contribution in [0.2, 0.25) is 5.02 Å². The fourth-order valence-corrected chi connectivity index (χ4v) is 2.92. The molecule has 0 aromatic heterocycles. The summed E-state index contributed by atoms with van der Waals surface area (Å²) in [7, 11) is 0. The first-order chi connectivity index (χ1) is 12.8. The molecule has 0 saturated heterocycles. The van der Waals surface area contributed by atoms with Crippen molar-refractivity contribution in [2.75, 3.05) is 0 Å². The third-order valence-corrected chi connectivity index (χ3v) is 4.37. The highest BCUT2D eigenvalue weighted by Crippen LogP contribution is 2.29. The predicted molar refractivity (Wildman–Crippen MR) is 108 cm³/mol. The van der Waals surface area contributed by atoms with Gasteiger partial charge in [-0.1, -0.05) is 72.3 Å². The molecule has 0 spiro atoms. The molecule has 1 nitrogen and oxygen atoms in total. The molecule has 0 heterocycles. The van der Waals surface area contributed by atoms with Crippen LogP contribution in [0.4, 0.5) is 0 Å². The molecule has 0 unspecified atom stereocenters. The maximum Gasteiger partial charge on any atom is 0.128 e. The summed E-state index contributed by atoms with van der Waals surface area (Å²) in [6, 6.07) is 35.1. The van der Waals surface area contributed by atoms with Crippen LogP contribution in [0.25, 0.3) is 22.3 Å². The van der Waals surface area contributed by atoms with Gasteiger partial charge in [0.2, 0.25) is 0 Å². The fourth-order valence-electron chi connectivity index (χ4n) is 2.79. The number of hydrogen-bond donors (Lipinski definition) is 0. The predicted octanol–water partition coefficient (Wildman–Crippen LogP) is 7.27. The van der Waals surface area contributed by atoms with Gasteiger partial charge in [-0.05, 0) is 64.7 Å². The summed E-state index contributed by atoms with van der Waals surface area (Å²) in [4.78, 5) is 0. The first-order valence-corrected chi connectivity index (χ1v) is 8.77. The van der Waals surface area contributed by atoms with Crippen LogP contribution >= 0.6 is 11.6 Å². The van der Waals surface area contributed by atoms with E-state index < -0.39 is 0 Å². The molecule has 0 saturated carbocycles. The van der Waals surface area contributed by atoms with Gasteiger partial charge in [0.05, 0.1) is 0 Å². The lowest BCUT2D eigenvalue weighted by Crippen LogP contribution is -1.86. The summed E-state index contributed by atoms with van der Waals surface area (Å²) in [5.41, 5.74) is 4.39. The second-order valence-corrected chi connectivity index (χ2v) is 6.37. The van der Waals surface area contributed by atoms with Crippen LogP contribution in [0.3, 0.4) is 0 Å². The van der Waals surface area contributed by atoms with E-state index in [1.165, 1.54) is 0 Å². The number of ether oxygens (including phenoxy) is 1. The Kier molecular flexibility index (Phi) is 4.72. The fraction of sp³-hybridized carbons (Fsp3) is 0. The maximum atomic E-state index is 6.02. The lowest BCUT2D eigenvalue weighted by atomic mass is 10.1. The third kappa shape index (κ3) is 3.79. The van der Waals surface area contributed by atoms with E-state index in [9.17, 15) is 0 Å². The molecule has 0 fully saturated rings. The van der Waals surface area contributed by atoms with Crippen LogP contribution < -0.4 is 4.74 Å². The average Bonchev–Trinajstić information content (AvgIpc) is 2.70. The number of halogens is 1. The zero-order valence-corrected chi connectivity index (χ0v) is 14.8. The second kappa shape index (κ2) is 7.47. The summed E-state index contributed by atoms with van der Waals surface area (Å²) in [5.74, 6) is 1.61. The Bertz CT molecular complexity index is 990. The summed E-state index contributed by atoms with van der Waals surface area (Å²) >= 11 is 5.97. The highest BCUT2D eigenvalue weighted by atomic mass is 35.5. The van der Waals surface area contributed by atoms with Gasteiger partial charge >= 0.3 is 0 Å². The maximum absolute atomic E-state index is 6.02. The van der Waals surface area contributed by atoms with Crippen molar-refractivity contribution in [2.45, 2.75) is 0 Å². The zero-order valence-electron chi connectivity index (χ0n) is 14.0. The van der Waals surface area contributed by atoms with Gasteiger partial charge in [0.15, 0.2) is 0 Å². The molecular formula is C24H16ClO. The van der Waals surface area contributed by atoms with E-state index in [1.807, 2.05) is 91.0 Å². The highest BCUT2D eigenvalue weighted by Gasteiger charge is 2.03. The summed E-state index contributed by atoms with van der Waals surface area (Å²) < 4.78 is 6.02. The minimum Gasteiger partial charge on any atom is -0.457 e. The Hall–Kier alpha value is -3.03. The van der Waals surface area contributed by atoms with Crippen molar-refractivity contribution < 1.29 is 4.74 Å². The molecule has 0 atom stereocenters. The van der Waals surface area contributed by atoms with Crippen LogP contribution in [0, 0.1) is 6.07 Å². The molecule has 2 heteroatoms. The molecule has 0 aliphatic heterocycles. The van der Waals surface area contributed by atoms with Crippen molar-refractivity contribution in [3.8, 4) is 33.8 Å². The Labute approximate surface area is 158 Å². The van der Waals surface area contributed by atoms with Gasteiger partial charge in [-0.2, -0.15) is 0 Å². The lowest BCUT2D eigenvalue weighted by molar-refractivity contribution is 0.483. The van der Waals surface area contributed by atoms with E-state index in [0.717, 1.165) is 38.8 Å². The van der Waals surface area contributed by atoms with E-state index in [0.29, 0.717) is 0 Å². The van der Waals surface area contributed by atoms with Crippen LogP contribution in [-0.4, -0.2) is 0 Å². The molecule has 0 N–H and O–H groups in total. The minimum absolute atomic E-state index is 0.733. The molecule has 0 amide bonds. The first kappa shape index (κ1) is 16.4. The smallest absolute Gasteiger partial charge is 0.128 e. The standard InChI is InChI=1S/C24H16ClO/c25-22-13-9-20(10-14-22)21-7-4-8-24(17-21)26-23-15-11-19(12-16-23)18-5-2-1-3-6-18/h1-5,7-17H. The summed E-state index contributed by atoms with van der Waals surface area (Å²) in [6.45, 7) is 0. The number of hydrogen-bond acceptors (Lipinski definition) is 1. The molecule has 125 valence electrons. The summed E-state index contributed by atoms with van der Waals surface area (Å²) in [5, 5.41) is 0.733. The SMILES string of the molecule is Clc1ccc(-c2cccc(Oc3ccc(-c4[c]cccc4)cc3)c2)cc1. The number of rotatable bonds is 4. The Balaban J connectivity index is 1.54. The minimum atomic E-state index is 0.733. The van der Waals surface area contributed by atoms with Crippen molar-refractivity contribution in [1.29, 1.82) is 0 Å².